The Balaban J connectivity index is 1.97. The van der Waals surface area contributed by atoms with E-state index in [2.05, 4.69) is 16.7 Å². The topological polar surface area (TPSA) is 65.1 Å². The molecular formula is C24H24N2O2S2. The largest absolute Gasteiger partial charge is 0.330 e. The Morgan fingerprint density at radius 1 is 0.900 bits per heavy atom. The average Bonchev–Trinajstić information content (AvgIpc) is 3.07. The van der Waals surface area contributed by atoms with Gasteiger partial charge in [-0.2, -0.15) is 0 Å². The zero-order valence-corrected chi connectivity index (χ0v) is 18.4. The first-order chi connectivity index (χ1) is 14.5. The fourth-order valence-corrected chi connectivity index (χ4v) is 6.47. The minimum Gasteiger partial charge on any atom is -0.330 e. The maximum absolute atomic E-state index is 13.8. The third-order valence-electron chi connectivity index (χ3n) is 5.02. The summed E-state index contributed by atoms with van der Waals surface area (Å²) in [6.07, 6.45) is 0. The minimum atomic E-state index is -3.70. The number of nitrogens with zero attached hydrogens (tertiary/aromatic N) is 1. The third kappa shape index (κ3) is 3.90. The Hall–Kier alpha value is -2.54. The molecule has 6 heteroatoms. The molecule has 0 atom stereocenters. The van der Waals surface area contributed by atoms with Crippen molar-refractivity contribution in [1.82, 2.24) is 4.57 Å². The summed E-state index contributed by atoms with van der Waals surface area (Å²) in [6.45, 7) is 3.02. The van der Waals surface area contributed by atoms with Crippen molar-refractivity contribution in [3.8, 4) is 0 Å². The Morgan fingerprint density at radius 3 is 2.27 bits per heavy atom. The second kappa shape index (κ2) is 8.68. The number of nitrogens with two attached hydrogens (primary N) is 1. The molecule has 0 saturated heterocycles. The number of rotatable bonds is 7. The summed E-state index contributed by atoms with van der Waals surface area (Å²) in [7, 11) is -3.70. The van der Waals surface area contributed by atoms with Gasteiger partial charge in [0.25, 0.3) is 0 Å². The van der Waals surface area contributed by atoms with Crippen LogP contribution in [0.5, 0.6) is 0 Å². The maximum atomic E-state index is 13.8. The lowest BCUT2D eigenvalue weighted by Gasteiger charge is -2.12. The summed E-state index contributed by atoms with van der Waals surface area (Å²) in [6, 6.07) is 24.8. The smallest absolute Gasteiger partial charge is 0.209 e. The van der Waals surface area contributed by atoms with Crippen LogP contribution in [0.1, 0.15) is 11.1 Å². The molecule has 2 N–H and O–H groups in total. The number of fused-ring (bicyclic) bond motifs is 1. The molecule has 0 fully saturated rings. The van der Waals surface area contributed by atoms with E-state index in [0.717, 1.165) is 27.1 Å². The number of sulfone groups is 1. The van der Waals surface area contributed by atoms with Gasteiger partial charge in [-0.25, -0.2) is 8.42 Å². The third-order valence-corrected chi connectivity index (χ3v) is 8.13. The SMILES string of the molecule is Cc1ccc(S(=O)(=O)c2c(SCCN)n(Cc3ccccc3)c3ccccc23)cc1. The van der Waals surface area contributed by atoms with Gasteiger partial charge in [0.15, 0.2) is 0 Å². The maximum Gasteiger partial charge on any atom is 0.209 e. The lowest BCUT2D eigenvalue weighted by Crippen LogP contribution is -2.08. The van der Waals surface area contributed by atoms with Crippen LogP contribution in [0.25, 0.3) is 10.9 Å². The first-order valence-electron chi connectivity index (χ1n) is 9.82. The summed E-state index contributed by atoms with van der Waals surface area (Å²) < 4.78 is 29.6. The highest BCUT2D eigenvalue weighted by Crippen LogP contribution is 2.39. The Bertz CT molecular complexity index is 1260. The molecule has 3 aromatic carbocycles. The quantitative estimate of drug-likeness (QED) is 0.419. The first-order valence-corrected chi connectivity index (χ1v) is 12.3. The lowest BCUT2D eigenvalue weighted by molar-refractivity contribution is 0.592. The summed E-state index contributed by atoms with van der Waals surface area (Å²) >= 11 is 1.50. The Kier molecular flexibility index (Phi) is 5.99. The Labute approximate surface area is 181 Å². The van der Waals surface area contributed by atoms with Crippen molar-refractivity contribution in [2.75, 3.05) is 12.3 Å². The molecule has 0 unspecified atom stereocenters. The van der Waals surface area contributed by atoms with Gasteiger partial charge in [0.05, 0.1) is 15.4 Å². The van der Waals surface area contributed by atoms with E-state index in [-0.39, 0.29) is 0 Å². The highest BCUT2D eigenvalue weighted by atomic mass is 32.2. The standard InChI is InChI=1S/C24H24N2O2S2/c1-18-11-13-20(14-12-18)30(27,28)23-21-9-5-6-10-22(21)26(24(23)29-16-15-25)17-19-7-3-2-4-8-19/h2-14H,15-17,25H2,1H3. The number of hydrogen-bond acceptors (Lipinski definition) is 4. The fourth-order valence-electron chi connectivity index (χ4n) is 3.57. The van der Waals surface area contributed by atoms with Crippen molar-refractivity contribution in [3.63, 3.8) is 0 Å². The van der Waals surface area contributed by atoms with Gasteiger partial charge in [-0.1, -0.05) is 66.2 Å². The van der Waals surface area contributed by atoms with Crippen molar-refractivity contribution < 1.29 is 8.42 Å². The van der Waals surface area contributed by atoms with Gasteiger partial charge < -0.3 is 10.3 Å². The van der Waals surface area contributed by atoms with Crippen LogP contribution in [0.2, 0.25) is 0 Å². The number of benzene rings is 3. The van der Waals surface area contributed by atoms with Gasteiger partial charge in [-0.3, -0.25) is 0 Å². The second-order valence-electron chi connectivity index (χ2n) is 7.18. The van der Waals surface area contributed by atoms with Crippen LogP contribution in [0.4, 0.5) is 0 Å². The zero-order valence-electron chi connectivity index (χ0n) is 16.8. The second-order valence-corrected chi connectivity index (χ2v) is 10.1. The number of aryl methyl sites for hydroxylation is 1. The summed E-state index contributed by atoms with van der Waals surface area (Å²) in [5.41, 5.74) is 8.83. The van der Waals surface area contributed by atoms with E-state index >= 15 is 0 Å². The molecule has 4 nitrogen and oxygen atoms in total. The van der Waals surface area contributed by atoms with Crippen molar-refractivity contribution >= 4 is 32.5 Å². The molecule has 1 aromatic heterocycles. The van der Waals surface area contributed by atoms with E-state index in [1.54, 1.807) is 12.1 Å². The van der Waals surface area contributed by atoms with E-state index in [0.29, 0.717) is 28.6 Å². The normalized spacial score (nSPS) is 11.8. The van der Waals surface area contributed by atoms with Crippen molar-refractivity contribution in [1.29, 1.82) is 0 Å². The van der Waals surface area contributed by atoms with Crippen molar-refractivity contribution in [2.24, 2.45) is 5.73 Å². The molecule has 0 saturated carbocycles. The molecule has 0 spiro atoms. The zero-order chi connectivity index (χ0) is 21.1. The predicted octanol–water partition coefficient (Wildman–Crippen LogP) is 4.88. The summed E-state index contributed by atoms with van der Waals surface area (Å²) in [4.78, 5) is 0.682. The van der Waals surface area contributed by atoms with Gasteiger partial charge >= 0.3 is 0 Å². The van der Waals surface area contributed by atoms with Crippen LogP contribution in [0, 0.1) is 6.92 Å². The molecule has 4 rings (SSSR count). The van der Waals surface area contributed by atoms with Gasteiger partial charge in [0.1, 0.15) is 4.90 Å². The van der Waals surface area contributed by atoms with E-state index in [1.807, 2.05) is 61.5 Å². The summed E-state index contributed by atoms with van der Waals surface area (Å²) in [5.74, 6) is 0.640. The lowest BCUT2D eigenvalue weighted by atomic mass is 10.2. The predicted molar refractivity (Wildman–Crippen MR) is 124 cm³/mol. The van der Waals surface area contributed by atoms with Crippen LogP contribution in [0.15, 0.2) is 93.7 Å². The molecule has 0 aliphatic rings. The van der Waals surface area contributed by atoms with Crippen molar-refractivity contribution in [2.45, 2.75) is 28.3 Å². The van der Waals surface area contributed by atoms with Crippen LogP contribution in [-0.2, 0) is 16.4 Å². The minimum absolute atomic E-state index is 0.310. The highest BCUT2D eigenvalue weighted by Gasteiger charge is 2.29. The highest BCUT2D eigenvalue weighted by molar-refractivity contribution is 8.00. The number of para-hydroxylation sites is 1. The summed E-state index contributed by atoms with van der Waals surface area (Å²) in [5, 5.41) is 1.49. The van der Waals surface area contributed by atoms with Gasteiger partial charge in [-0.05, 0) is 30.7 Å². The first kappa shape index (κ1) is 20.7. The van der Waals surface area contributed by atoms with E-state index in [9.17, 15) is 8.42 Å². The molecule has 4 aromatic rings. The monoisotopic (exact) mass is 436 g/mol. The molecule has 0 aliphatic heterocycles. The van der Waals surface area contributed by atoms with E-state index < -0.39 is 9.84 Å². The van der Waals surface area contributed by atoms with Crippen LogP contribution in [0.3, 0.4) is 0 Å². The molecule has 0 amide bonds. The molecular weight excluding hydrogens is 412 g/mol. The number of hydrogen-bond donors (Lipinski definition) is 1. The molecule has 1 heterocycles. The molecule has 0 aliphatic carbocycles. The average molecular weight is 437 g/mol. The van der Waals surface area contributed by atoms with Gasteiger partial charge in [0.2, 0.25) is 9.84 Å². The van der Waals surface area contributed by atoms with E-state index in [4.69, 9.17) is 5.73 Å². The van der Waals surface area contributed by atoms with Gasteiger partial charge in [0, 0.05) is 24.2 Å². The fraction of sp³-hybridized carbons (Fsp3) is 0.167. The number of aromatic nitrogens is 1. The van der Waals surface area contributed by atoms with Gasteiger partial charge in [-0.15, -0.1) is 11.8 Å². The molecule has 154 valence electrons. The van der Waals surface area contributed by atoms with Crippen LogP contribution in [-0.4, -0.2) is 25.3 Å². The molecule has 0 bridgehead atoms. The van der Waals surface area contributed by atoms with Crippen LogP contribution >= 0.6 is 11.8 Å². The molecule has 30 heavy (non-hydrogen) atoms. The van der Waals surface area contributed by atoms with Crippen molar-refractivity contribution in [3.05, 3.63) is 90.0 Å². The number of thioether (sulfide) groups is 1. The van der Waals surface area contributed by atoms with E-state index in [1.165, 1.54) is 11.8 Å². The molecule has 0 radical (unpaired) electrons. The van der Waals surface area contributed by atoms with Crippen LogP contribution < -0.4 is 5.73 Å². The Morgan fingerprint density at radius 2 is 1.57 bits per heavy atom.